The van der Waals surface area contributed by atoms with Gasteiger partial charge in [-0.1, -0.05) is 0 Å². The molecule has 2 aliphatic heterocycles. The molecule has 1 aromatic heterocycles. The second-order valence-electron chi connectivity index (χ2n) is 6.51. The molecule has 2 amide bonds. The molecule has 3 rings (SSSR count). The van der Waals surface area contributed by atoms with Crippen LogP contribution in [0, 0.1) is 0 Å². The van der Waals surface area contributed by atoms with E-state index in [-0.39, 0.29) is 11.8 Å². The molecule has 132 valence electrons. The molecule has 24 heavy (non-hydrogen) atoms. The number of ether oxygens (including phenoxy) is 1. The van der Waals surface area contributed by atoms with E-state index in [2.05, 4.69) is 4.90 Å². The number of piperazine rings is 1. The molecule has 0 saturated carbocycles. The monoisotopic (exact) mass is 335 g/mol. The van der Waals surface area contributed by atoms with Gasteiger partial charge in [-0.25, -0.2) is 0 Å². The molecule has 1 aromatic rings. The number of piperidine rings is 1. The van der Waals surface area contributed by atoms with Gasteiger partial charge in [0, 0.05) is 39.8 Å². The van der Waals surface area contributed by atoms with Crippen LogP contribution in [-0.4, -0.2) is 85.5 Å². The van der Waals surface area contributed by atoms with Crippen molar-refractivity contribution in [3.8, 4) is 0 Å². The summed E-state index contributed by atoms with van der Waals surface area (Å²) in [5.41, 5.74) is -0.494. The van der Waals surface area contributed by atoms with Crippen LogP contribution in [-0.2, 0) is 9.53 Å². The van der Waals surface area contributed by atoms with Crippen molar-refractivity contribution >= 4 is 11.8 Å². The lowest BCUT2D eigenvalue weighted by Crippen LogP contribution is -2.68. The maximum absolute atomic E-state index is 13.0. The Kier molecular flexibility index (Phi) is 4.91. The van der Waals surface area contributed by atoms with Gasteiger partial charge in [-0.05, 0) is 32.0 Å². The lowest BCUT2D eigenvalue weighted by Gasteiger charge is -2.51. The highest BCUT2D eigenvalue weighted by atomic mass is 16.5. The first kappa shape index (κ1) is 17.0. The average Bonchev–Trinajstić information content (AvgIpc) is 3.14. The van der Waals surface area contributed by atoms with E-state index in [4.69, 9.17) is 9.15 Å². The summed E-state index contributed by atoms with van der Waals surface area (Å²) >= 11 is 0. The van der Waals surface area contributed by atoms with Crippen LogP contribution in [0.25, 0.3) is 0 Å². The number of carbonyl (C=O) groups excluding carboxylic acids is 2. The summed E-state index contributed by atoms with van der Waals surface area (Å²) in [5.74, 6) is 0.423. The number of carbonyl (C=O) groups is 2. The number of methoxy groups -OCH3 is 1. The fourth-order valence-corrected chi connectivity index (χ4v) is 3.69. The Labute approximate surface area is 142 Å². The summed E-state index contributed by atoms with van der Waals surface area (Å²) in [6, 6.07) is 3.39. The van der Waals surface area contributed by atoms with Gasteiger partial charge in [0.2, 0.25) is 5.91 Å². The molecule has 7 nitrogen and oxygen atoms in total. The Morgan fingerprint density at radius 3 is 2.67 bits per heavy atom. The highest BCUT2D eigenvalue weighted by Crippen LogP contribution is 2.33. The first-order valence-electron chi connectivity index (χ1n) is 8.41. The van der Waals surface area contributed by atoms with E-state index in [1.807, 2.05) is 11.9 Å². The normalized spacial score (nSPS) is 21.5. The third-order valence-electron chi connectivity index (χ3n) is 5.30. The van der Waals surface area contributed by atoms with Gasteiger partial charge in [-0.2, -0.15) is 0 Å². The lowest BCUT2D eigenvalue weighted by atomic mass is 9.82. The minimum Gasteiger partial charge on any atom is -0.459 e. The molecule has 1 spiro atoms. The zero-order chi connectivity index (χ0) is 17.2. The molecule has 0 aromatic carbocycles. The van der Waals surface area contributed by atoms with Crippen LogP contribution in [0.15, 0.2) is 22.8 Å². The molecule has 3 heterocycles. The van der Waals surface area contributed by atoms with E-state index >= 15 is 0 Å². The first-order chi connectivity index (χ1) is 11.6. The summed E-state index contributed by atoms with van der Waals surface area (Å²) in [7, 11) is 3.66. The number of nitrogens with zero attached hydrogens (tertiary/aromatic N) is 3. The van der Waals surface area contributed by atoms with Gasteiger partial charge in [0.25, 0.3) is 5.91 Å². The Morgan fingerprint density at radius 1 is 1.29 bits per heavy atom. The van der Waals surface area contributed by atoms with Crippen molar-refractivity contribution in [3.05, 3.63) is 24.2 Å². The summed E-state index contributed by atoms with van der Waals surface area (Å²) in [4.78, 5) is 31.3. The van der Waals surface area contributed by atoms with Gasteiger partial charge >= 0.3 is 0 Å². The number of amides is 2. The highest BCUT2D eigenvalue weighted by Gasteiger charge is 2.49. The smallest absolute Gasteiger partial charge is 0.289 e. The maximum Gasteiger partial charge on any atom is 0.289 e. The fraction of sp³-hybridized carbons (Fsp3) is 0.647. The molecule has 0 unspecified atom stereocenters. The van der Waals surface area contributed by atoms with E-state index in [1.54, 1.807) is 24.1 Å². The largest absolute Gasteiger partial charge is 0.459 e. The van der Waals surface area contributed by atoms with Crippen LogP contribution in [0.2, 0.25) is 0 Å². The average molecular weight is 335 g/mol. The van der Waals surface area contributed by atoms with Crippen LogP contribution in [0.1, 0.15) is 23.4 Å². The van der Waals surface area contributed by atoms with E-state index in [0.717, 1.165) is 13.1 Å². The molecular weight excluding hydrogens is 310 g/mol. The van der Waals surface area contributed by atoms with Crippen molar-refractivity contribution in [2.45, 2.75) is 18.4 Å². The predicted octanol–water partition coefficient (Wildman–Crippen LogP) is 0.675. The summed E-state index contributed by atoms with van der Waals surface area (Å²) < 4.78 is 10.3. The van der Waals surface area contributed by atoms with Gasteiger partial charge in [-0.15, -0.1) is 0 Å². The number of hydrogen-bond donors (Lipinski definition) is 0. The minimum absolute atomic E-state index is 0.1000. The van der Waals surface area contributed by atoms with Gasteiger partial charge in [0.1, 0.15) is 5.54 Å². The Hall–Kier alpha value is -1.86. The molecule has 0 bridgehead atoms. The molecule has 0 radical (unpaired) electrons. The van der Waals surface area contributed by atoms with Crippen molar-refractivity contribution in [1.82, 2.24) is 14.7 Å². The van der Waals surface area contributed by atoms with Crippen molar-refractivity contribution in [3.63, 3.8) is 0 Å². The summed E-state index contributed by atoms with van der Waals surface area (Å²) in [5, 5.41) is 0. The minimum atomic E-state index is -0.494. The molecule has 2 saturated heterocycles. The number of likely N-dealkylation sites (N-methyl/N-ethyl adjacent to an activating group) is 1. The SMILES string of the molecule is COCCN1CCN(C)C2(CCN(C(=O)c3ccco3)CC2)C1=O. The fourth-order valence-electron chi connectivity index (χ4n) is 3.69. The van der Waals surface area contributed by atoms with Crippen LogP contribution in [0.5, 0.6) is 0 Å². The van der Waals surface area contributed by atoms with Crippen LogP contribution in [0.3, 0.4) is 0 Å². The molecule has 7 heteroatoms. The van der Waals surface area contributed by atoms with Crippen LogP contribution < -0.4 is 0 Å². The van der Waals surface area contributed by atoms with Crippen molar-refractivity contribution in [2.75, 3.05) is 53.5 Å². The van der Waals surface area contributed by atoms with E-state index < -0.39 is 5.54 Å². The zero-order valence-electron chi connectivity index (χ0n) is 14.4. The predicted molar refractivity (Wildman–Crippen MR) is 87.7 cm³/mol. The first-order valence-corrected chi connectivity index (χ1v) is 8.41. The third-order valence-corrected chi connectivity index (χ3v) is 5.30. The molecule has 2 aliphatic rings. The quantitative estimate of drug-likeness (QED) is 0.809. The van der Waals surface area contributed by atoms with E-state index in [1.165, 1.54) is 6.26 Å². The van der Waals surface area contributed by atoms with Crippen molar-refractivity contribution < 1.29 is 18.7 Å². The molecule has 0 N–H and O–H groups in total. The number of hydrogen-bond acceptors (Lipinski definition) is 5. The van der Waals surface area contributed by atoms with Crippen LogP contribution in [0.4, 0.5) is 0 Å². The Balaban J connectivity index is 1.68. The second-order valence-corrected chi connectivity index (χ2v) is 6.51. The van der Waals surface area contributed by atoms with E-state index in [0.29, 0.717) is 44.8 Å². The van der Waals surface area contributed by atoms with Gasteiger partial charge in [0.15, 0.2) is 5.76 Å². The Bertz CT molecular complexity index is 577. The van der Waals surface area contributed by atoms with Crippen LogP contribution >= 0.6 is 0 Å². The second kappa shape index (κ2) is 6.94. The number of rotatable bonds is 4. The van der Waals surface area contributed by atoms with Gasteiger partial charge in [-0.3, -0.25) is 14.5 Å². The maximum atomic E-state index is 13.0. The van der Waals surface area contributed by atoms with Gasteiger partial charge in [0.05, 0.1) is 12.9 Å². The van der Waals surface area contributed by atoms with E-state index in [9.17, 15) is 9.59 Å². The summed E-state index contributed by atoms with van der Waals surface area (Å²) in [6.07, 6.45) is 2.81. The molecular formula is C17H25N3O4. The molecule has 0 atom stereocenters. The molecule has 0 aliphatic carbocycles. The zero-order valence-corrected chi connectivity index (χ0v) is 14.4. The highest BCUT2D eigenvalue weighted by molar-refractivity contribution is 5.92. The number of likely N-dealkylation sites (tertiary alicyclic amines) is 1. The van der Waals surface area contributed by atoms with Crippen molar-refractivity contribution in [2.24, 2.45) is 0 Å². The third kappa shape index (κ3) is 2.93. The standard InChI is InChI=1S/C17H25N3O4/c1-18-9-10-20(11-13-23-2)16(22)17(18)5-7-19(8-6-17)15(21)14-4-3-12-24-14/h3-4,12H,5-11,13H2,1-2H3. The number of furan rings is 1. The van der Waals surface area contributed by atoms with Crippen molar-refractivity contribution in [1.29, 1.82) is 0 Å². The Morgan fingerprint density at radius 2 is 2.04 bits per heavy atom. The molecule has 2 fully saturated rings. The van der Waals surface area contributed by atoms with Gasteiger partial charge < -0.3 is 19.0 Å². The lowest BCUT2D eigenvalue weighted by molar-refractivity contribution is -0.154. The topological polar surface area (TPSA) is 66.2 Å². The summed E-state index contributed by atoms with van der Waals surface area (Å²) in [6.45, 7) is 3.88.